The Kier molecular flexibility index (Phi) is 3.14. The van der Waals surface area contributed by atoms with E-state index in [1.807, 2.05) is 0 Å². The molecule has 0 spiro atoms. The highest BCUT2D eigenvalue weighted by molar-refractivity contribution is 7.93. The van der Waals surface area contributed by atoms with Gasteiger partial charge in [-0.05, 0) is 37.1 Å². The van der Waals surface area contributed by atoms with Crippen LogP contribution >= 0.6 is 0 Å². The van der Waals surface area contributed by atoms with Crippen molar-refractivity contribution in [2.75, 3.05) is 0 Å². The van der Waals surface area contributed by atoms with Crippen LogP contribution in [-0.4, -0.2) is 24.2 Å². The number of hydrogen-bond donors (Lipinski definition) is 1. The van der Waals surface area contributed by atoms with E-state index in [1.165, 1.54) is 0 Å². The van der Waals surface area contributed by atoms with E-state index in [0.717, 1.165) is 24.3 Å². The van der Waals surface area contributed by atoms with Gasteiger partial charge in [0.2, 0.25) is 0 Å². The van der Waals surface area contributed by atoms with Crippen molar-refractivity contribution in [3.63, 3.8) is 0 Å². The van der Waals surface area contributed by atoms with E-state index in [-0.39, 0.29) is 17.7 Å². The summed E-state index contributed by atoms with van der Waals surface area (Å²) in [7, 11) is -3.98. The minimum Gasteiger partial charge on any atom is -0.480 e. The normalized spacial score (nSPS) is 18.7. The average Bonchev–Trinajstić information content (AvgIpc) is 2.80. The van der Waals surface area contributed by atoms with Crippen molar-refractivity contribution in [2.45, 2.75) is 35.3 Å². The van der Waals surface area contributed by atoms with Crippen LogP contribution in [0.5, 0.6) is 0 Å². The van der Waals surface area contributed by atoms with Gasteiger partial charge < -0.3 is 5.11 Å². The summed E-state index contributed by atoms with van der Waals surface area (Å²) < 4.78 is 35.9. The minimum atomic E-state index is -3.98. The quantitative estimate of drug-likeness (QED) is 0.854. The van der Waals surface area contributed by atoms with Gasteiger partial charge in [0, 0.05) is 0 Å². The van der Waals surface area contributed by atoms with E-state index in [4.69, 9.17) is 0 Å². The Morgan fingerprint density at radius 2 is 1.67 bits per heavy atom. The van der Waals surface area contributed by atoms with Crippen LogP contribution in [0.3, 0.4) is 0 Å². The maximum atomic E-state index is 12.8. The summed E-state index contributed by atoms with van der Waals surface area (Å²) in [5.41, 5.74) is 0. The lowest BCUT2D eigenvalue weighted by Crippen LogP contribution is -2.43. The molecule has 6 heteroatoms. The van der Waals surface area contributed by atoms with Crippen LogP contribution in [0, 0.1) is 5.82 Å². The molecular formula is C12H13FO4S. The largest absolute Gasteiger partial charge is 0.480 e. The Labute approximate surface area is 104 Å². The van der Waals surface area contributed by atoms with Crippen molar-refractivity contribution in [2.24, 2.45) is 0 Å². The number of hydrogen-bond acceptors (Lipinski definition) is 3. The van der Waals surface area contributed by atoms with Crippen molar-refractivity contribution < 1.29 is 22.7 Å². The Morgan fingerprint density at radius 1 is 1.17 bits per heavy atom. The number of halogens is 1. The Bertz CT molecular complexity index is 556. The summed E-state index contributed by atoms with van der Waals surface area (Å²) in [6.07, 6.45) is 1.38. The van der Waals surface area contributed by atoms with Gasteiger partial charge >= 0.3 is 5.97 Å². The van der Waals surface area contributed by atoms with Crippen LogP contribution < -0.4 is 0 Å². The molecule has 0 atom stereocenters. The third kappa shape index (κ3) is 1.80. The zero-order valence-corrected chi connectivity index (χ0v) is 10.4. The second kappa shape index (κ2) is 4.35. The van der Waals surface area contributed by atoms with Gasteiger partial charge in [0.1, 0.15) is 5.82 Å². The van der Waals surface area contributed by atoms with E-state index < -0.39 is 26.4 Å². The molecule has 1 N–H and O–H groups in total. The van der Waals surface area contributed by atoms with Crippen LogP contribution in [0.15, 0.2) is 29.2 Å². The molecule has 0 unspecified atom stereocenters. The molecule has 0 heterocycles. The highest BCUT2D eigenvalue weighted by Gasteiger charge is 2.53. The molecule has 1 fully saturated rings. The van der Waals surface area contributed by atoms with Crippen molar-refractivity contribution in [3.05, 3.63) is 30.1 Å². The summed E-state index contributed by atoms with van der Waals surface area (Å²) in [4.78, 5) is 11.2. The second-order valence-corrected chi connectivity index (χ2v) is 6.72. The SMILES string of the molecule is O=C(O)C1(S(=O)(=O)c2ccc(F)cc2)CCCC1. The van der Waals surface area contributed by atoms with Gasteiger partial charge in [-0.15, -0.1) is 0 Å². The lowest BCUT2D eigenvalue weighted by Gasteiger charge is -2.23. The monoisotopic (exact) mass is 272 g/mol. The van der Waals surface area contributed by atoms with Crippen LogP contribution in [-0.2, 0) is 14.6 Å². The molecule has 1 aromatic carbocycles. The molecule has 0 radical (unpaired) electrons. The predicted octanol–water partition coefficient (Wildman–Crippen LogP) is 2.00. The molecule has 0 saturated heterocycles. The first-order valence-corrected chi connectivity index (χ1v) is 7.12. The number of aliphatic carboxylic acids is 1. The summed E-state index contributed by atoms with van der Waals surface area (Å²) in [5, 5.41) is 9.26. The van der Waals surface area contributed by atoms with Crippen LogP contribution in [0.1, 0.15) is 25.7 Å². The fourth-order valence-corrected chi connectivity index (χ4v) is 4.38. The van der Waals surface area contributed by atoms with E-state index >= 15 is 0 Å². The van der Waals surface area contributed by atoms with Gasteiger partial charge in [-0.2, -0.15) is 0 Å². The summed E-state index contributed by atoms with van der Waals surface area (Å²) >= 11 is 0. The molecule has 0 bridgehead atoms. The first kappa shape index (κ1) is 13.0. The molecule has 2 rings (SSSR count). The molecule has 1 aromatic rings. The Balaban J connectivity index is 2.53. The third-order valence-corrected chi connectivity index (χ3v) is 5.94. The first-order valence-electron chi connectivity index (χ1n) is 5.64. The van der Waals surface area contributed by atoms with Crippen LogP contribution in [0.4, 0.5) is 4.39 Å². The number of carboxylic acid groups (broad SMARTS) is 1. The highest BCUT2D eigenvalue weighted by Crippen LogP contribution is 2.40. The van der Waals surface area contributed by atoms with E-state index in [1.54, 1.807) is 0 Å². The van der Waals surface area contributed by atoms with Gasteiger partial charge in [0.05, 0.1) is 4.90 Å². The zero-order valence-electron chi connectivity index (χ0n) is 9.60. The fourth-order valence-electron chi connectivity index (χ4n) is 2.38. The maximum Gasteiger partial charge on any atom is 0.325 e. The molecule has 0 amide bonds. The third-order valence-electron chi connectivity index (χ3n) is 3.44. The lowest BCUT2D eigenvalue weighted by molar-refractivity contribution is -0.139. The molecule has 1 saturated carbocycles. The second-order valence-electron chi connectivity index (χ2n) is 4.46. The lowest BCUT2D eigenvalue weighted by atomic mass is 10.1. The van der Waals surface area contributed by atoms with E-state index in [2.05, 4.69) is 0 Å². The number of carbonyl (C=O) groups is 1. The summed E-state index contributed by atoms with van der Waals surface area (Å²) in [6.45, 7) is 0. The highest BCUT2D eigenvalue weighted by atomic mass is 32.2. The van der Waals surface area contributed by atoms with Crippen molar-refractivity contribution in [1.82, 2.24) is 0 Å². The average molecular weight is 272 g/mol. The molecule has 18 heavy (non-hydrogen) atoms. The summed E-state index contributed by atoms with van der Waals surface area (Å²) in [6, 6.07) is 4.29. The van der Waals surface area contributed by atoms with Crippen LogP contribution in [0.2, 0.25) is 0 Å². The number of rotatable bonds is 3. The van der Waals surface area contributed by atoms with Gasteiger partial charge in [0.15, 0.2) is 14.6 Å². The molecule has 1 aliphatic carbocycles. The van der Waals surface area contributed by atoms with E-state index in [9.17, 15) is 22.7 Å². The molecule has 1 aliphatic rings. The minimum absolute atomic E-state index is 0.113. The topological polar surface area (TPSA) is 71.4 Å². The van der Waals surface area contributed by atoms with Gasteiger partial charge in [-0.3, -0.25) is 4.79 Å². The van der Waals surface area contributed by atoms with Crippen molar-refractivity contribution >= 4 is 15.8 Å². The molecule has 98 valence electrons. The van der Waals surface area contributed by atoms with Crippen LogP contribution in [0.25, 0.3) is 0 Å². The van der Waals surface area contributed by atoms with Gasteiger partial charge in [-0.25, -0.2) is 12.8 Å². The smallest absolute Gasteiger partial charge is 0.325 e. The Hall–Kier alpha value is -1.43. The molecule has 4 nitrogen and oxygen atoms in total. The zero-order chi connectivity index (χ0) is 13.4. The molecule has 0 aliphatic heterocycles. The molecular weight excluding hydrogens is 259 g/mol. The number of benzene rings is 1. The predicted molar refractivity (Wildman–Crippen MR) is 62.4 cm³/mol. The standard InChI is InChI=1S/C12H13FO4S/c13-9-3-5-10(6-4-9)18(16,17)12(11(14)15)7-1-2-8-12/h3-6H,1-2,7-8H2,(H,14,15). The van der Waals surface area contributed by atoms with E-state index in [0.29, 0.717) is 12.8 Å². The Morgan fingerprint density at radius 3 is 2.11 bits per heavy atom. The van der Waals surface area contributed by atoms with Crippen molar-refractivity contribution in [3.8, 4) is 0 Å². The fraction of sp³-hybridized carbons (Fsp3) is 0.417. The first-order chi connectivity index (χ1) is 8.40. The number of sulfone groups is 1. The van der Waals surface area contributed by atoms with Crippen molar-refractivity contribution in [1.29, 1.82) is 0 Å². The number of carboxylic acids is 1. The summed E-state index contributed by atoms with van der Waals surface area (Å²) in [5.74, 6) is -1.87. The maximum absolute atomic E-state index is 12.8. The van der Waals surface area contributed by atoms with Gasteiger partial charge in [0.25, 0.3) is 0 Å². The van der Waals surface area contributed by atoms with Gasteiger partial charge in [-0.1, -0.05) is 12.8 Å². The molecule has 0 aromatic heterocycles.